The fourth-order valence-electron chi connectivity index (χ4n) is 1.53. The molecule has 0 aromatic carbocycles. The highest BCUT2D eigenvalue weighted by Gasteiger charge is 1.95. The molecule has 0 bridgehead atoms. The lowest BCUT2D eigenvalue weighted by atomic mass is 10.2. The van der Waals surface area contributed by atoms with E-state index in [0.29, 0.717) is 0 Å². The van der Waals surface area contributed by atoms with E-state index in [1.54, 1.807) is 12.4 Å². The van der Waals surface area contributed by atoms with Gasteiger partial charge in [0.25, 0.3) is 0 Å². The lowest BCUT2D eigenvalue weighted by Gasteiger charge is -1.91. The van der Waals surface area contributed by atoms with E-state index < -0.39 is 0 Å². The van der Waals surface area contributed by atoms with Crippen molar-refractivity contribution in [1.82, 2.24) is 15.0 Å². The number of hydrogen-bond acceptors (Lipinski definition) is 2. The monoisotopic (exact) mass is 315 g/mol. The van der Waals surface area contributed by atoms with Crippen LogP contribution in [-0.4, -0.2) is 15.0 Å². The Morgan fingerprint density at radius 1 is 0.739 bits per heavy atom. The summed E-state index contributed by atoms with van der Waals surface area (Å²) < 4.78 is 0. The summed E-state index contributed by atoms with van der Waals surface area (Å²) in [4.78, 5) is 11.0. The van der Waals surface area contributed by atoms with Gasteiger partial charge in [-0.1, -0.05) is 41.5 Å². The van der Waals surface area contributed by atoms with Crippen LogP contribution < -0.4 is 0 Å². The summed E-state index contributed by atoms with van der Waals surface area (Å²) in [6.45, 7) is 16.1. The zero-order valence-corrected chi connectivity index (χ0v) is 16.0. The molecular weight excluding hydrogens is 282 g/mol. The van der Waals surface area contributed by atoms with Gasteiger partial charge in [0.15, 0.2) is 0 Å². The van der Waals surface area contributed by atoms with Crippen molar-refractivity contribution in [1.29, 1.82) is 0 Å². The van der Waals surface area contributed by atoms with Gasteiger partial charge < -0.3 is 4.98 Å². The van der Waals surface area contributed by atoms with Crippen LogP contribution in [0.2, 0.25) is 0 Å². The Kier molecular flexibility index (Phi) is 16.3. The van der Waals surface area contributed by atoms with Gasteiger partial charge in [-0.15, -0.1) is 0 Å². The molecular formula is C20H33N3. The highest BCUT2D eigenvalue weighted by molar-refractivity contribution is 5.78. The second kappa shape index (κ2) is 16.2. The maximum absolute atomic E-state index is 4.15. The van der Waals surface area contributed by atoms with E-state index in [1.165, 1.54) is 16.5 Å². The molecule has 1 N–H and O–H groups in total. The lowest BCUT2D eigenvalue weighted by molar-refractivity contribution is 1.29. The van der Waals surface area contributed by atoms with E-state index in [4.69, 9.17) is 0 Å². The number of pyridine rings is 2. The number of aryl methyl sites for hydroxylation is 2. The van der Waals surface area contributed by atoms with Gasteiger partial charge in [0.05, 0.1) is 0 Å². The van der Waals surface area contributed by atoms with Crippen molar-refractivity contribution in [2.24, 2.45) is 0 Å². The van der Waals surface area contributed by atoms with E-state index in [-0.39, 0.29) is 0 Å². The molecule has 3 aromatic rings. The summed E-state index contributed by atoms with van der Waals surface area (Å²) in [5.41, 5.74) is 3.50. The molecule has 3 heteroatoms. The van der Waals surface area contributed by atoms with Gasteiger partial charge in [-0.25, -0.2) is 4.98 Å². The third-order valence-electron chi connectivity index (χ3n) is 2.53. The molecule has 3 rings (SSSR count). The molecule has 0 aliphatic heterocycles. The summed E-state index contributed by atoms with van der Waals surface area (Å²) in [7, 11) is 0. The summed E-state index contributed by atoms with van der Waals surface area (Å²) >= 11 is 0. The first-order chi connectivity index (χ1) is 11.3. The van der Waals surface area contributed by atoms with Gasteiger partial charge in [0.1, 0.15) is 5.65 Å². The summed E-state index contributed by atoms with van der Waals surface area (Å²) in [6.07, 6.45) is 7.30. The van der Waals surface area contributed by atoms with E-state index in [1.807, 2.05) is 85.1 Å². The van der Waals surface area contributed by atoms with Crippen LogP contribution in [0.15, 0.2) is 49.1 Å². The minimum atomic E-state index is 0.972. The highest BCUT2D eigenvalue weighted by Crippen LogP contribution is 2.12. The average molecular weight is 316 g/mol. The number of aromatic nitrogens is 3. The first-order valence-corrected chi connectivity index (χ1v) is 8.52. The number of aromatic amines is 1. The summed E-state index contributed by atoms with van der Waals surface area (Å²) in [5.74, 6) is 0. The molecule has 0 radical (unpaired) electrons. The number of H-pyrrole nitrogens is 1. The minimum Gasteiger partial charge on any atom is -0.346 e. The van der Waals surface area contributed by atoms with Crippen molar-refractivity contribution in [3.63, 3.8) is 0 Å². The van der Waals surface area contributed by atoms with Gasteiger partial charge in [0, 0.05) is 30.2 Å². The van der Waals surface area contributed by atoms with Crippen molar-refractivity contribution in [2.75, 3.05) is 0 Å². The largest absolute Gasteiger partial charge is 0.346 e. The van der Waals surface area contributed by atoms with Crippen molar-refractivity contribution in [3.05, 3.63) is 60.2 Å². The maximum Gasteiger partial charge on any atom is 0.137 e. The molecule has 0 atom stereocenters. The van der Waals surface area contributed by atoms with Crippen LogP contribution in [0.25, 0.3) is 11.0 Å². The van der Waals surface area contributed by atoms with Crippen LogP contribution in [0.3, 0.4) is 0 Å². The maximum atomic E-state index is 4.15. The Morgan fingerprint density at radius 3 is 1.74 bits per heavy atom. The Morgan fingerprint density at radius 2 is 1.30 bits per heavy atom. The number of rotatable bonds is 0. The van der Waals surface area contributed by atoms with E-state index in [0.717, 1.165) is 5.65 Å². The van der Waals surface area contributed by atoms with E-state index in [9.17, 15) is 0 Å². The third kappa shape index (κ3) is 9.46. The van der Waals surface area contributed by atoms with Crippen LogP contribution in [0, 0.1) is 13.8 Å². The highest BCUT2D eigenvalue weighted by atomic mass is 14.8. The first-order valence-electron chi connectivity index (χ1n) is 8.52. The standard InChI is InChI=1S/C8H8N2.C6H7N.3C2H6/c1-6-2-4-9-8-7(6)3-5-10-8;1-6-2-4-7-5-3-6;3*1-2/h2-5H,1H3,(H,9,10);2-5H,1H3;3*1-2H3. The average Bonchev–Trinajstić information content (AvgIpc) is 3.12. The Hall–Kier alpha value is -2.16. The second-order valence-electron chi connectivity index (χ2n) is 3.89. The Balaban J connectivity index is 0. The van der Waals surface area contributed by atoms with Crippen molar-refractivity contribution >= 4 is 11.0 Å². The predicted molar refractivity (Wildman–Crippen MR) is 104 cm³/mol. The number of nitrogens with zero attached hydrogens (tertiary/aromatic N) is 2. The summed E-state index contributed by atoms with van der Waals surface area (Å²) in [6, 6.07) is 7.99. The zero-order valence-electron chi connectivity index (χ0n) is 16.0. The zero-order chi connectivity index (χ0) is 18.1. The normalized spacial score (nSPS) is 8.00. The second-order valence-corrected chi connectivity index (χ2v) is 3.89. The van der Waals surface area contributed by atoms with Crippen LogP contribution in [0.5, 0.6) is 0 Å². The fourth-order valence-corrected chi connectivity index (χ4v) is 1.53. The predicted octanol–water partition coefficient (Wildman–Crippen LogP) is 6.34. The molecule has 0 unspecified atom stereocenters. The van der Waals surface area contributed by atoms with Crippen molar-refractivity contribution in [2.45, 2.75) is 55.4 Å². The van der Waals surface area contributed by atoms with Crippen LogP contribution in [0.1, 0.15) is 52.7 Å². The van der Waals surface area contributed by atoms with Gasteiger partial charge in [0.2, 0.25) is 0 Å². The fraction of sp³-hybridized carbons (Fsp3) is 0.400. The number of fused-ring (bicyclic) bond motifs is 1. The lowest BCUT2D eigenvalue weighted by Crippen LogP contribution is -1.77. The first kappa shape index (κ1) is 23.1. The molecule has 0 saturated carbocycles. The Labute approximate surface area is 142 Å². The molecule has 3 nitrogen and oxygen atoms in total. The molecule has 3 aromatic heterocycles. The van der Waals surface area contributed by atoms with Crippen LogP contribution in [0.4, 0.5) is 0 Å². The van der Waals surface area contributed by atoms with Gasteiger partial charge in [-0.2, -0.15) is 0 Å². The SMILES string of the molecule is CC.CC.CC.Cc1ccnc2[nH]ccc12.Cc1ccncc1. The van der Waals surface area contributed by atoms with Gasteiger partial charge in [-0.05, 0) is 49.2 Å². The van der Waals surface area contributed by atoms with Crippen LogP contribution >= 0.6 is 0 Å². The van der Waals surface area contributed by atoms with Crippen molar-refractivity contribution < 1.29 is 0 Å². The van der Waals surface area contributed by atoms with Gasteiger partial charge in [-0.3, -0.25) is 4.98 Å². The number of hydrogen-bond donors (Lipinski definition) is 1. The molecule has 128 valence electrons. The smallest absolute Gasteiger partial charge is 0.137 e. The molecule has 0 fully saturated rings. The molecule has 0 aliphatic rings. The van der Waals surface area contributed by atoms with Crippen molar-refractivity contribution in [3.8, 4) is 0 Å². The topological polar surface area (TPSA) is 41.6 Å². The molecule has 0 aliphatic carbocycles. The van der Waals surface area contributed by atoms with Crippen LogP contribution in [-0.2, 0) is 0 Å². The minimum absolute atomic E-state index is 0.972. The molecule has 23 heavy (non-hydrogen) atoms. The summed E-state index contributed by atoms with van der Waals surface area (Å²) in [5, 5.41) is 1.21. The quantitative estimate of drug-likeness (QED) is 0.526. The molecule has 0 amide bonds. The van der Waals surface area contributed by atoms with E-state index >= 15 is 0 Å². The van der Waals surface area contributed by atoms with E-state index in [2.05, 4.69) is 21.9 Å². The molecule has 0 saturated heterocycles. The Bertz CT molecular complexity index is 586. The molecule has 3 heterocycles. The number of nitrogens with one attached hydrogen (secondary N) is 1. The van der Waals surface area contributed by atoms with Gasteiger partial charge >= 0.3 is 0 Å². The molecule has 0 spiro atoms. The third-order valence-corrected chi connectivity index (χ3v) is 2.53.